The summed E-state index contributed by atoms with van der Waals surface area (Å²) in [6, 6.07) is 0. The van der Waals surface area contributed by atoms with Crippen LogP contribution in [0.4, 0.5) is 5.95 Å². The molecule has 0 saturated carbocycles. The van der Waals surface area contributed by atoms with E-state index in [4.69, 9.17) is 4.74 Å². The highest BCUT2D eigenvalue weighted by Crippen LogP contribution is 2.14. The third-order valence-corrected chi connectivity index (χ3v) is 3.17. The molecule has 0 bridgehead atoms. The average Bonchev–Trinajstić information content (AvgIpc) is 2.46. The number of carbonyl (C=O) groups is 1. The Kier molecular flexibility index (Phi) is 4.31. The Morgan fingerprint density at radius 2 is 2.16 bits per heavy atom. The van der Waals surface area contributed by atoms with Crippen molar-refractivity contribution in [2.24, 2.45) is 0 Å². The Morgan fingerprint density at radius 1 is 1.47 bits per heavy atom. The molecule has 1 atom stereocenters. The van der Waals surface area contributed by atoms with Crippen LogP contribution in [0, 0.1) is 0 Å². The van der Waals surface area contributed by atoms with Gasteiger partial charge in [-0.3, -0.25) is 4.79 Å². The summed E-state index contributed by atoms with van der Waals surface area (Å²) in [5.41, 5.74) is 1.11. The molecule has 1 saturated heterocycles. The smallest absolute Gasteiger partial charge is 0.253 e. The number of likely N-dealkylation sites (N-methyl/N-ethyl adjacent to an activating group) is 1. The molecular formula is C13H20N4O2. The summed E-state index contributed by atoms with van der Waals surface area (Å²) < 4.78 is 5.51. The van der Waals surface area contributed by atoms with Gasteiger partial charge in [-0.05, 0) is 12.0 Å². The van der Waals surface area contributed by atoms with Crippen molar-refractivity contribution in [3.8, 4) is 0 Å². The first kappa shape index (κ1) is 13.7. The fourth-order valence-corrected chi connectivity index (χ4v) is 1.96. The van der Waals surface area contributed by atoms with Gasteiger partial charge in [0.15, 0.2) is 6.10 Å². The topological polar surface area (TPSA) is 58.6 Å². The maximum absolute atomic E-state index is 11.9. The van der Waals surface area contributed by atoms with Gasteiger partial charge < -0.3 is 14.5 Å². The van der Waals surface area contributed by atoms with Crippen molar-refractivity contribution in [2.45, 2.75) is 19.4 Å². The first-order chi connectivity index (χ1) is 9.11. The number of aromatic nitrogens is 2. The molecule has 2 rings (SSSR count). The van der Waals surface area contributed by atoms with Gasteiger partial charge in [-0.25, -0.2) is 9.97 Å². The Hall–Kier alpha value is -1.69. The van der Waals surface area contributed by atoms with Crippen LogP contribution >= 0.6 is 0 Å². The van der Waals surface area contributed by atoms with Crippen LogP contribution in [-0.2, 0) is 16.0 Å². The molecule has 1 aliphatic heterocycles. The van der Waals surface area contributed by atoms with Crippen molar-refractivity contribution in [2.75, 3.05) is 38.7 Å². The summed E-state index contributed by atoms with van der Waals surface area (Å²) in [6.45, 7) is 3.80. The van der Waals surface area contributed by atoms with Gasteiger partial charge in [-0.1, -0.05) is 6.92 Å². The van der Waals surface area contributed by atoms with E-state index in [2.05, 4.69) is 16.9 Å². The van der Waals surface area contributed by atoms with Crippen molar-refractivity contribution in [1.29, 1.82) is 0 Å². The second-order valence-electron chi connectivity index (χ2n) is 4.78. The second kappa shape index (κ2) is 5.97. The Morgan fingerprint density at radius 3 is 2.74 bits per heavy atom. The number of aryl methyl sites for hydroxylation is 1. The summed E-state index contributed by atoms with van der Waals surface area (Å²) in [5.74, 6) is 0.645. The molecule has 0 N–H and O–H groups in total. The Labute approximate surface area is 113 Å². The summed E-state index contributed by atoms with van der Waals surface area (Å²) in [7, 11) is 3.47. The fourth-order valence-electron chi connectivity index (χ4n) is 1.96. The molecule has 1 fully saturated rings. The van der Waals surface area contributed by atoms with Crippen LogP contribution in [0.5, 0.6) is 0 Å². The molecule has 6 nitrogen and oxygen atoms in total. The van der Waals surface area contributed by atoms with E-state index in [0.29, 0.717) is 25.6 Å². The molecule has 2 heterocycles. The van der Waals surface area contributed by atoms with Gasteiger partial charge >= 0.3 is 0 Å². The lowest BCUT2D eigenvalue weighted by Crippen LogP contribution is -2.50. The first-order valence-electron chi connectivity index (χ1n) is 6.50. The summed E-state index contributed by atoms with van der Waals surface area (Å²) in [5, 5.41) is 0. The van der Waals surface area contributed by atoms with Crippen LogP contribution in [0.1, 0.15) is 12.5 Å². The van der Waals surface area contributed by atoms with E-state index in [1.54, 1.807) is 19.0 Å². The van der Waals surface area contributed by atoms with Gasteiger partial charge in [-0.15, -0.1) is 0 Å². The minimum absolute atomic E-state index is 0.0186. The minimum Gasteiger partial charge on any atom is -0.365 e. The second-order valence-corrected chi connectivity index (χ2v) is 4.78. The van der Waals surface area contributed by atoms with E-state index in [9.17, 15) is 4.79 Å². The zero-order valence-electron chi connectivity index (χ0n) is 11.7. The van der Waals surface area contributed by atoms with Crippen LogP contribution in [0.2, 0.25) is 0 Å². The number of anilines is 1. The lowest BCUT2D eigenvalue weighted by molar-refractivity contribution is -0.141. The summed E-state index contributed by atoms with van der Waals surface area (Å²) in [6.07, 6.45) is 4.16. The number of carbonyl (C=O) groups excluding carboxylic acids is 1. The van der Waals surface area contributed by atoms with Crippen LogP contribution in [0.15, 0.2) is 12.4 Å². The molecule has 0 spiro atoms. The third-order valence-electron chi connectivity index (χ3n) is 3.17. The maximum atomic E-state index is 11.9. The molecule has 0 radical (unpaired) electrons. The quantitative estimate of drug-likeness (QED) is 0.787. The van der Waals surface area contributed by atoms with E-state index in [0.717, 1.165) is 12.0 Å². The molecule has 1 aliphatic rings. The zero-order chi connectivity index (χ0) is 13.8. The van der Waals surface area contributed by atoms with Gasteiger partial charge in [0.05, 0.1) is 13.2 Å². The van der Waals surface area contributed by atoms with E-state index >= 15 is 0 Å². The average molecular weight is 264 g/mol. The lowest BCUT2D eigenvalue weighted by Gasteiger charge is -2.33. The molecule has 1 amide bonds. The summed E-state index contributed by atoms with van der Waals surface area (Å²) in [4.78, 5) is 24.1. The number of morpholine rings is 1. The maximum Gasteiger partial charge on any atom is 0.253 e. The highest BCUT2D eigenvalue weighted by atomic mass is 16.5. The highest BCUT2D eigenvalue weighted by molar-refractivity contribution is 5.81. The number of nitrogens with zero attached hydrogens (tertiary/aromatic N) is 4. The van der Waals surface area contributed by atoms with Gasteiger partial charge in [0, 0.05) is 33.0 Å². The molecule has 104 valence electrons. The van der Waals surface area contributed by atoms with Crippen LogP contribution in [-0.4, -0.2) is 60.7 Å². The van der Waals surface area contributed by atoms with E-state index in [-0.39, 0.29) is 5.91 Å². The predicted molar refractivity (Wildman–Crippen MR) is 72.1 cm³/mol. The SMILES string of the molecule is CCc1cnc(N2CCOC(C(=O)N(C)C)C2)nc1. The van der Waals surface area contributed by atoms with Crippen molar-refractivity contribution in [3.05, 3.63) is 18.0 Å². The number of rotatable bonds is 3. The largest absolute Gasteiger partial charge is 0.365 e. The molecule has 1 aromatic rings. The molecule has 6 heteroatoms. The van der Waals surface area contributed by atoms with Crippen LogP contribution in [0.3, 0.4) is 0 Å². The first-order valence-corrected chi connectivity index (χ1v) is 6.50. The van der Waals surface area contributed by atoms with Crippen LogP contribution in [0.25, 0.3) is 0 Å². The monoisotopic (exact) mass is 264 g/mol. The molecule has 1 aromatic heterocycles. The van der Waals surface area contributed by atoms with Crippen molar-refractivity contribution < 1.29 is 9.53 Å². The number of hydrogen-bond donors (Lipinski definition) is 0. The van der Waals surface area contributed by atoms with E-state index in [1.807, 2.05) is 17.3 Å². The number of hydrogen-bond acceptors (Lipinski definition) is 5. The standard InChI is InChI=1S/C13H20N4O2/c1-4-10-7-14-13(15-8-10)17-5-6-19-11(9-17)12(18)16(2)3/h7-8,11H,4-6,9H2,1-3H3. The fraction of sp³-hybridized carbons (Fsp3) is 0.615. The third kappa shape index (κ3) is 3.20. The van der Waals surface area contributed by atoms with Gasteiger partial charge in [0.1, 0.15) is 0 Å². The van der Waals surface area contributed by atoms with E-state index < -0.39 is 6.10 Å². The Bertz CT molecular complexity index is 433. The summed E-state index contributed by atoms with van der Waals surface area (Å²) >= 11 is 0. The zero-order valence-corrected chi connectivity index (χ0v) is 11.7. The minimum atomic E-state index is -0.432. The lowest BCUT2D eigenvalue weighted by atomic mass is 10.2. The molecule has 19 heavy (non-hydrogen) atoms. The number of amides is 1. The number of ether oxygens (including phenoxy) is 1. The molecule has 0 aliphatic carbocycles. The normalized spacial score (nSPS) is 19.3. The van der Waals surface area contributed by atoms with Gasteiger partial charge in [0.25, 0.3) is 5.91 Å². The van der Waals surface area contributed by atoms with Crippen molar-refractivity contribution >= 4 is 11.9 Å². The highest BCUT2D eigenvalue weighted by Gasteiger charge is 2.28. The van der Waals surface area contributed by atoms with E-state index in [1.165, 1.54) is 0 Å². The Balaban J connectivity index is 2.05. The molecule has 1 unspecified atom stereocenters. The van der Waals surface area contributed by atoms with Crippen molar-refractivity contribution in [1.82, 2.24) is 14.9 Å². The molecule has 0 aromatic carbocycles. The van der Waals surface area contributed by atoms with Gasteiger partial charge in [-0.2, -0.15) is 0 Å². The van der Waals surface area contributed by atoms with Crippen LogP contribution < -0.4 is 4.90 Å². The van der Waals surface area contributed by atoms with Gasteiger partial charge in [0.2, 0.25) is 5.95 Å². The van der Waals surface area contributed by atoms with Crippen molar-refractivity contribution in [3.63, 3.8) is 0 Å². The predicted octanol–water partition coefficient (Wildman–Crippen LogP) is 0.332. The molecular weight excluding hydrogens is 244 g/mol.